The highest BCUT2D eigenvalue weighted by molar-refractivity contribution is 8.93. The molecule has 4 nitrogen and oxygen atoms in total. The number of rotatable bonds is 5. The van der Waals surface area contributed by atoms with Crippen molar-refractivity contribution in [2.24, 2.45) is 5.92 Å². The molecule has 2 N–H and O–H groups in total. The first kappa shape index (κ1) is 15.1. The van der Waals surface area contributed by atoms with Gasteiger partial charge in [-0.1, -0.05) is 13.8 Å². The van der Waals surface area contributed by atoms with E-state index in [1.54, 1.807) is 12.4 Å². The van der Waals surface area contributed by atoms with E-state index in [1.165, 1.54) is 0 Å². The maximum Gasteiger partial charge on any atom is 0.320 e. The van der Waals surface area contributed by atoms with Crippen LogP contribution in [0.5, 0.6) is 0 Å². The third-order valence-corrected chi connectivity index (χ3v) is 2.21. The third-order valence-electron chi connectivity index (χ3n) is 2.21. The van der Waals surface area contributed by atoms with E-state index in [0.29, 0.717) is 6.54 Å². The maximum absolute atomic E-state index is 10.9. The van der Waals surface area contributed by atoms with Gasteiger partial charge in [-0.05, 0) is 23.6 Å². The number of halogens is 1. The molecule has 1 rings (SSSR count). The number of hydrogen-bond donors (Lipinski definition) is 2. The van der Waals surface area contributed by atoms with Crippen molar-refractivity contribution in [1.82, 2.24) is 10.3 Å². The standard InChI is InChI=1S/C11H16N2O2.BrH/c1-8(2)10(11(14)15)13-7-9-3-5-12-6-4-9;/h3-6,8,10,13H,7H2,1-2H3,(H,14,15);1H/t10-;/m1./s1. The molecular formula is C11H17BrN2O2. The Bertz CT molecular complexity index is 317. The van der Waals surface area contributed by atoms with Gasteiger partial charge in [0.05, 0.1) is 0 Å². The molecule has 0 saturated carbocycles. The van der Waals surface area contributed by atoms with E-state index in [-0.39, 0.29) is 22.9 Å². The van der Waals surface area contributed by atoms with Crippen molar-refractivity contribution < 1.29 is 9.90 Å². The van der Waals surface area contributed by atoms with Crippen molar-refractivity contribution in [1.29, 1.82) is 0 Å². The van der Waals surface area contributed by atoms with Gasteiger partial charge in [-0.2, -0.15) is 0 Å². The Morgan fingerprint density at radius 3 is 2.44 bits per heavy atom. The fourth-order valence-corrected chi connectivity index (χ4v) is 1.34. The molecule has 0 fully saturated rings. The summed E-state index contributed by atoms with van der Waals surface area (Å²) in [5.74, 6) is -0.733. The number of nitrogens with zero attached hydrogens (tertiary/aromatic N) is 1. The molecule has 1 aromatic heterocycles. The van der Waals surface area contributed by atoms with Crippen LogP contribution in [0.4, 0.5) is 0 Å². The quantitative estimate of drug-likeness (QED) is 0.868. The van der Waals surface area contributed by atoms with Gasteiger partial charge in [-0.15, -0.1) is 17.0 Å². The second-order valence-electron chi connectivity index (χ2n) is 3.80. The molecule has 0 saturated heterocycles. The number of aromatic nitrogens is 1. The predicted molar refractivity (Wildman–Crippen MR) is 67.7 cm³/mol. The summed E-state index contributed by atoms with van der Waals surface area (Å²) in [6.07, 6.45) is 3.39. The van der Waals surface area contributed by atoms with E-state index in [0.717, 1.165) is 5.56 Å². The fourth-order valence-electron chi connectivity index (χ4n) is 1.34. The van der Waals surface area contributed by atoms with E-state index >= 15 is 0 Å². The number of aliphatic carboxylic acids is 1. The van der Waals surface area contributed by atoms with Crippen molar-refractivity contribution in [3.63, 3.8) is 0 Å². The second-order valence-corrected chi connectivity index (χ2v) is 3.80. The van der Waals surface area contributed by atoms with Crippen LogP contribution in [0, 0.1) is 5.92 Å². The van der Waals surface area contributed by atoms with E-state index in [4.69, 9.17) is 5.11 Å². The number of hydrogen-bond acceptors (Lipinski definition) is 3. The van der Waals surface area contributed by atoms with Crippen LogP contribution in [0.25, 0.3) is 0 Å². The molecule has 0 aliphatic rings. The highest BCUT2D eigenvalue weighted by Crippen LogP contribution is 2.03. The van der Waals surface area contributed by atoms with Gasteiger partial charge < -0.3 is 10.4 Å². The zero-order valence-electron chi connectivity index (χ0n) is 9.38. The van der Waals surface area contributed by atoms with E-state index in [2.05, 4.69) is 10.3 Å². The van der Waals surface area contributed by atoms with Crippen LogP contribution in [0.1, 0.15) is 19.4 Å². The first-order chi connectivity index (χ1) is 7.11. The molecule has 0 bridgehead atoms. The van der Waals surface area contributed by atoms with Crippen molar-refractivity contribution in [3.05, 3.63) is 30.1 Å². The van der Waals surface area contributed by atoms with Crippen molar-refractivity contribution in [2.45, 2.75) is 26.4 Å². The Morgan fingerprint density at radius 1 is 1.44 bits per heavy atom. The first-order valence-electron chi connectivity index (χ1n) is 4.96. The van der Waals surface area contributed by atoms with Gasteiger partial charge in [0.15, 0.2) is 0 Å². The van der Waals surface area contributed by atoms with Gasteiger partial charge in [0, 0.05) is 18.9 Å². The molecule has 5 heteroatoms. The van der Waals surface area contributed by atoms with Crippen LogP contribution in [-0.4, -0.2) is 22.1 Å². The molecule has 0 unspecified atom stereocenters. The Kier molecular flexibility index (Phi) is 6.92. The number of carboxylic acids is 1. The van der Waals surface area contributed by atoms with Crippen molar-refractivity contribution in [3.8, 4) is 0 Å². The number of nitrogens with one attached hydrogen (secondary N) is 1. The summed E-state index contributed by atoms with van der Waals surface area (Å²) in [5, 5.41) is 12.0. The average Bonchev–Trinajstić information content (AvgIpc) is 2.18. The summed E-state index contributed by atoms with van der Waals surface area (Å²) in [5.41, 5.74) is 1.04. The zero-order valence-corrected chi connectivity index (χ0v) is 11.1. The Labute approximate surface area is 106 Å². The molecule has 0 aromatic carbocycles. The molecule has 0 spiro atoms. The van der Waals surface area contributed by atoms with Crippen LogP contribution in [-0.2, 0) is 11.3 Å². The van der Waals surface area contributed by atoms with Crippen molar-refractivity contribution in [2.75, 3.05) is 0 Å². The molecule has 1 aromatic rings. The minimum atomic E-state index is -0.806. The monoisotopic (exact) mass is 288 g/mol. The summed E-state index contributed by atoms with van der Waals surface area (Å²) in [4.78, 5) is 14.8. The van der Waals surface area contributed by atoms with Crippen molar-refractivity contribution >= 4 is 23.0 Å². The Balaban J connectivity index is 0.00000225. The van der Waals surface area contributed by atoms with Crippen LogP contribution < -0.4 is 5.32 Å². The molecule has 1 atom stereocenters. The van der Waals surface area contributed by atoms with E-state index < -0.39 is 12.0 Å². The average molecular weight is 289 g/mol. The fraction of sp³-hybridized carbons (Fsp3) is 0.455. The maximum atomic E-state index is 10.9. The van der Waals surface area contributed by atoms with Gasteiger partial charge >= 0.3 is 5.97 Å². The smallest absolute Gasteiger partial charge is 0.320 e. The van der Waals surface area contributed by atoms with Gasteiger partial charge in [-0.25, -0.2) is 0 Å². The lowest BCUT2D eigenvalue weighted by molar-refractivity contribution is -0.140. The minimum Gasteiger partial charge on any atom is -0.480 e. The molecule has 16 heavy (non-hydrogen) atoms. The lowest BCUT2D eigenvalue weighted by atomic mass is 10.0. The van der Waals surface area contributed by atoms with Gasteiger partial charge in [0.25, 0.3) is 0 Å². The highest BCUT2D eigenvalue weighted by Gasteiger charge is 2.20. The molecule has 1 heterocycles. The Hall–Kier alpha value is -0.940. The molecule has 0 amide bonds. The predicted octanol–water partition coefficient (Wildman–Crippen LogP) is 1.86. The summed E-state index contributed by atoms with van der Waals surface area (Å²) < 4.78 is 0. The van der Waals surface area contributed by atoms with Gasteiger partial charge in [-0.3, -0.25) is 9.78 Å². The minimum absolute atomic E-state index is 0. The highest BCUT2D eigenvalue weighted by atomic mass is 79.9. The molecule has 0 radical (unpaired) electrons. The SMILES string of the molecule is Br.CC(C)[C@@H](NCc1ccncc1)C(=O)O. The van der Waals surface area contributed by atoms with Crippen LogP contribution >= 0.6 is 17.0 Å². The largest absolute Gasteiger partial charge is 0.480 e. The number of pyridine rings is 1. The van der Waals surface area contributed by atoms with Crippen LogP contribution in [0.2, 0.25) is 0 Å². The second kappa shape index (κ2) is 7.35. The van der Waals surface area contributed by atoms with E-state index in [9.17, 15) is 4.79 Å². The van der Waals surface area contributed by atoms with Crippen LogP contribution in [0.15, 0.2) is 24.5 Å². The first-order valence-corrected chi connectivity index (χ1v) is 4.96. The lowest BCUT2D eigenvalue weighted by Crippen LogP contribution is -2.40. The normalized spacial score (nSPS) is 11.9. The van der Waals surface area contributed by atoms with Gasteiger partial charge in [0.1, 0.15) is 6.04 Å². The lowest BCUT2D eigenvalue weighted by Gasteiger charge is -2.17. The molecular weight excluding hydrogens is 272 g/mol. The third kappa shape index (κ3) is 4.72. The number of carbonyl (C=O) groups is 1. The number of carboxylic acid groups (broad SMARTS) is 1. The summed E-state index contributed by atoms with van der Waals surface area (Å²) in [6.45, 7) is 4.33. The van der Waals surface area contributed by atoms with Gasteiger partial charge in [0.2, 0.25) is 0 Å². The summed E-state index contributed by atoms with van der Waals surface area (Å²) in [7, 11) is 0. The Morgan fingerprint density at radius 2 is 2.00 bits per heavy atom. The summed E-state index contributed by atoms with van der Waals surface area (Å²) in [6, 6.07) is 3.23. The molecule has 0 aliphatic carbocycles. The molecule has 0 aliphatic heterocycles. The van der Waals surface area contributed by atoms with Crippen LogP contribution in [0.3, 0.4) is 0 Å². The van der Waals surface area contributed by atoms with E-state index in [1.807, 2.05) is 26.0 Å². The zero-order chi connectivity index (χ0) is 11.3. The molecule has 90 valence electrons. The summed E-state index contributed by atoms with van der Waals surface area (Å²) >= 11 is 0. The topological polar surface area (TPSA) is 62.2 Å².